The van der Waals surface area contributed by atoms with E-state index in [-0.39, 0.29) is 5.69 Å². The molecule has 0 aliphatic carbocycles. The lowest BCUT2D eigenvalue weighted by molar-refractivity contribution is -0.384. The Kier molecular flexibility index (Phi) is 4.85. The van der Waals surface area contributed by atoms with Crippen molar-refractivity contribution in [1.29, 1.82) is 0 Å². The smallest absolute Gasteiger partial charge is 0.269 e. The summed E-state index contributed by atoms with van der Waals surface area (Å²) in [6, 6.07) is 18.1. The lowest BCUT2D eigenvalue weighted by Gasteiger charge is -2.03. The molecule has 0 bridgehead atoms. The number of rotatable bonds is 5. The summed E-state index contributed by atoms with van der Waals surface area (Å²) in [7, 11) is 1.64. The number of nitrogens with zero attached hydrogens (tertiary/aromatic N) is 2. The predicted octanol–water partition coefficient (Wildman–Crippen LogP) is 4.84. The van der Waals surface area contributed by atoms with E-state index in [1.165, 1.54) is 12.1 Å². The summed E-state index contributed by atoms with van der Waals surface area (Å²) in [6.07, 6.45) is 5.61. The average Bonchev–Trinajstić information content (AvgIpc) is 2.67. The van der Waals surface area contributed by atoms with Crippen LogP contribution in [0.1, 0.15) is 11.1 Å². The summed E-state index contributed by atoms with van der Waals surface area (Å²) in [4.78, 5) is 14.7. The molecule has 0 atom stereocenters. The molecule has 0 saturated heterocycles. The standard InChI is InChI=1S/C20H16N2O3/c1-25-19-11-7-17(8-12-19)20-13-6-16(14-21-20)3-2-15-4-9-18(10-5-15)22(23)24/h2-14H,1H3/b3-2+. The number of pyridine rings is 1. The minimum atomic E-state index is -0.407. The summed E-state index contributed by atoms with van der Waals surface area (Å²) >= 11 is 0. The van der Waals surface area contributed by atoms with Gasteiger partial charge in [0, 0.05) is 23.9 Å². The van der Waals surface area contributed by atoms with Crippen LogP contribution in [0.2, 0.25) is 0 Å². The van der Waals surface area contributed by atoms with Gasteiger partial charge in [0.15, 0.2) is 0 Å². The molecule has 1 aromatic heterocycles. The summed E-state index contributed by atoms with van der Waals surface area (Å²) in [6.45, 7) is 0. The monoisotopic (exact) mass is 332 g/mol. The molecule has 0 aliphatic rings. The third kappa shape index (κ3) is 4.09. The van der Waals surface area contributed by atoms with Gasteiger partial charge in [0.05, 0.1) is 17.7 Å². The van der Waals surface area contributed by atoms with Crippen LogP contribution in [0.3, 0.4) is 0 Å². The molecule has 3 aromatic rings. The highest BCUT2D eigenvalue weighted by Crippen LogP contribution is 2.21. The second kappa shape index (κ2) is 7.40. The Morgan fingerprint density at radius 1 is 0.920 bits per heavy atom. The van der Waals surface area contributed by atoms with Gasteiger partial charge in [-0.1, -0.05) is 18.2 Å². The Hall–Kier alpha value is -3.47. The number of hydrogen-bond donors (Lipinski definition) is 0. The fourth-order valence-corrected chi connectivity index (χ4v) is 2.34. The van der Waals surface area contributed by atoms with Crippen LogP contribution in [-0.4, -0.2) is 17.0 Å². The molecular formula is C20H16N2O3. The Bertz CT molecular complexity index is 884. The van der Waals surface area contributed by atoms with Gasteiger partial charge in [-0.15, -0.1) is 0 Å². The molecule has 25 heavy (non-hydrogen) atoms. The molecule has 0 saturated carbocycles. The van der Waals surface area contributed by atoms with Crippen molar-refractivity contribution in [2.45, 2.75) is 0 Å². The number of methoxy groups -OCH3 is 1. The first-order valence-electron chi connectivity index (χ1n) is 7.69. The summed E-state index contributed by atoms with van der Waals surface area (Å²) in [5.41, 5.74) is 3.84. The molecule has 2 aromatic carbocycles. The zero-order valence-electron chi connectivity index (χ0n) is 13.6. The fourth-order valence-electron chi connectivity index (χ4n) is 2.34. The van der Waals surface area contributed by atoms with Crippen LogP contribution < -0.4 is 4.74 Å². The van der Waals surface area contributed by atoms with Gasteiger partial charge < -0.3 is 4.74 Å². The summed E-state index contributed by atoms with van der Waals surface area (Å²) in [5.74, 6) is 0.811. The SMILES string of the molecule is COc1ccc(-c2ccc(/C=C/c3ccc([N+](=O)[O-])cc3)cn2)cc1. The average molecular weight is 332 g/mol. The quantitative estimate of drug-likeness (QED) is 0.495. The number of non-ortho nitro benzene ring substituents is 1. The second-order valence-electron chi connectivity index (χ2n) is 5.39. The Morgan fingerprint density at radius 3 is 2.12 bits per heavy atom. The van der Waals surface area contributed by atoms with Crippen molar-refractivity contribution in [2.75, 3.05) is 7.11 Å². The van der Waals surface area contributed by atoms with Crippen molar-refractivity contribution in [3.8, 4) is 17.0 Å². The van der Waals surface area contributed by atoms with Gasteiger partial charge in [-0.3, -0.25) is 15.1 Å². The van der Waals surface area contributed by atoms with E-state index in [0.717, 1.165) is 28.1 Å². The van der Waals surface area contributed by atoms with E-state index in [2.05, 4.69) is 4.98 Å². The van der Waals surface area contributed by atoms with E-state index < -0.39 is 4.92 Å². The van der Waals surface area contributed by atoms with E-state index >= 15 is 0 Å². The molecule has 0 fully saturated rings. The molecule has 3 rings (SSSR count). The third-order valence-corrected chi connectivity index (χ3v) is 3.74. The van der Waals surface area contributed by atoms with E-state index in [4.69, 9.17) is 4.74 Å². The molecule has 0 unspecified atom stereocenters. The van der Waals surface area contributed by atoms with Crippen molar-refractivity contribution < 1.29 is 9.66 Å². The van der Waals surface area contributed by atoms with Crippen molar-refractivity contribution in [3.63, 3.8) is 0 Å². The highest BCUT2D eigenvalue weighted by Gasteiger charge is 2.02. The number of aromatic nitrogens is 1. The lowest BCUT2D eigenvalue weighted by Crippen LogP contribution is -1.87. The van der Waals surface area contributed by atoms with Gasteiger partial charge in [0.2, 0.25) is 0 Å². The van der Waals surface area contributed by atoms with E-state index in [0.29, 0.717) is 0 Å². The largest absolute Gasteiger partial charge is 0.497 e. The van der Waals surface area contributed by atoms with Crippen LogP contribution >= 0.6 is 0 Å². The van der Waals surface area contributed by atoms with Crippen LogP contribution in [0.4, 0.5) is 5.69 Å². The molecule has 0 radical (unpaired) electrons. The lowest BCUT2D eigenvalue weighted by atomic mass is 10.1. The fraction of sp³-hybridized carbons (Fsp3) is 0.0500. The maximum atomic E-state index is 10.6. The number of ether oxygens (including phenoxy) is 1. The van der Waals surface area contributed by atoms with Gasteiger partial charge >= 0.3 is 0 Å². The van der Waals surface area contributed by atoms with Gasteiger partial charge in [-0.25, -0.2) is 0 Å². The van der Waals surface area contributed by atoms with Gasteiger partial charge in [0.1, 0.15) is 5.75 Å². The van der Waals surface area contributed by atoms with Crippen molar-refractivity contribution in [1.82, 2.24) is 4.98 Å². The van der Waals surface area contributed by atoms with Crippen molar-refractivity contribution in [2.24, 2.45) is 0 Å². The minimum Gasteiger partial charge on any atom is -0.497 e. The van der Waals surface area contributed by atoms with E-state index in [1.807, 2.05) is 48.6 Å². The third-order valence-electron chi connectivity index (χ3n) is 3.74. The van der Waals surface area contributed by atoms with Crippen LogP contribution in [0, 0.1) is 10.1 Å². The first kappa shape index (κ1) is 16.4. The molecule has 0 amide bonds. The molecule has 1 heterocycles. The molecule has 0 spiro atoms. The highest BCUT2D eigenvalue weighted by molar-refractivity contribution is 5.70. The molecule has 124 valence electrons. The first-order chi connectivity index (χ1) is 12.2. The second-order valence-corrected chi connectivity index (χ2v) is 5.39. The molecular weight excluding hydrogens is 316 g/mol. The molecule has 0 aliphatic heterocycles. The predicted molar refractivity (Wildman–Crippen MR) is 98.2 cm³/mol. The molecule has 5 heteroatoms. The Morgan fingerprint density at radius 2 is 1.56 bits per heavy atom. The van der Waals surface area contributed by atoms with Crippen LogP contribution in [0.5, 0.6) is 5.75 Å². The summed E-state index contributed by atoms with van der Waals surface area (Å²) < 4.78 is 5.15. The van der Waals surface area contributed by atoms with E-state index in [9.17, 15) is 10.1 Å². The van der Waals surface area contributed by atoms with Gasteiger partial charge in [-0.05, 0) is 53.6 Å². The number of nitro benzene ring substituents is 1. The maximum absolute atomic E-state index is 10.6. The minimum absolute atomic E-state index is 0.0858. The van der Waals surface area contributed by atoms with Crippen LogP contribution in [-0.2, 0) is 0 Å². The maximum Gasteiger partial charge on any atom is 0.269 e. The molecule has 5 nitrogen and oxygen atoms in total. The highest BCUT2D eigenvalue weighted by atomic mass is 16.6. The number of benzene rings is 2. The van der Waals surface area contributed by atoms with Crippen LogP contribution in [0.25, 0.3) is 23.4 Å². The number of nitro groups is 1. The summed E-state index contributed by atoms with van der Waals surface area (Å²) in [5, 5.41) is 10.6. The topological polar surface area (TPSA) is 65.3 Å². The normalized spacial score (nSPS) is 10.8. The Labute approximate surface area is 145 Å². The zero-order chi connectivity index (χ0) is 17.6. The number of hydrogen-bond acceptors (Lipinski definition) is 4. The van der Waals surface area contributed by atoms with Crippen molar-refractivity contribution >= 4 is 17.8 Å². The first-order valence-corrected chi connectivity index (χ1v) is 7.69. The molecule has 0 N–H and O–H groups in total. The van der Waals surface area contributed by atoms with Gasteiger partial charge in [0.25, 0.3) is 5.69 Å². The van der Waals surface area contributed by atoms with Crippen LogP contribution in [0.15, 0.2) is 66.9 Å². The van der Waals surface area contributed by atoms with Gasteiger partial charge in [-0.2, -0.15) is 0 Å². The Balaban J connectivity index is 1.72. The van der Waals surface area contributed by atoms with Crippen molar-refractivity contribution in [3.05, 3.63) is 88.1 Å². The zero-order valence-corrected chi connectivity index (χ0v) is 13.6. The van der Waals surface area contributed by atoms with E-state index in [1.54, 1.807) is 25.4 Å².